The minimum absolute atomic E-state index is 0.151. The summed E-state index contributed by atoms with van der Waals surface area (Å²) in [5.74, 6) is 1.15. The van der Waals surface area contributed by atoms with Crippen molar-refractivity contribution in [2.24, 2.45) is 7.05 Å². The first-order chi connectivity index (χ1) is 28.7. The number of carbonyl (C=O) groups excluding carboxylic acids is 4. The predicted molar refractivity (Wildman–Crippen MR) is 219 cm³/mol. The molecule has 3 aromatic carbocycles. The number of hydrogen-bond donors (Lipinski definition) is 3. The van der Waals surface area contributed by atoms with E-state index in [0.29, 0.717) is 48.8 Å². The number of piperidine rings is 1. The molecular formula is C43H47N11O5. The topological polar surface area (TPSA) is 180 Å². The van der Waals surface area contributed by atoms with Crippen molar-refractivity contribution in [1.29, 1.82) is 0 Å². The van der Waals surface area contributed by atoms with Gasteiger partial charge in [0.2, 0.25) is 11.8 Å². The summed E-state index contributed by atoms with van der Waals surface area (Å²) in [4.78, 5) is 64.9. The highest BCUT2D eigenvalue weighted by Gasteiger charge is 2.39. The number of amides is 4. The Kier molecular flexibility index (Phi) is 11.6. The molecule has 5 heterocycles. The fourth-order valence-corrected chi connectivity index (χ4v) is 7.79. The van der Waals surface area contributed by atoms with Crippen LogP contribution in [0.15, 0.2) is 85.3 Å². The van der Waals surface area contributed by atoms with Crippen LogP contribution >= 0.6 is 0 Å². The van der Waals surface area contributed by atoms with Crippen molar-refractivity contribution >= 4 is 35.0 Å². The van der Waals surface area contributed by atoms with E-state index in [0.717, 1.165) is 73.2 Å². The van der Waals surface area contributed by atoms with Crippen LogP contribution in [0.5, 0.6) is 5.75 Å². The fourth-order valence-electron chi connectivity index (χ4n) is 7.79. The predicted octanol–water partition coefficient (Wildman–Crippen LogP) is 3.73. The van der Waals surface area contributed by atoms with E-state index in [-0.39, 0.29) is 30.2 Å². The van der Waals surface area contributed by atoms with Gasteiger partial charge in [0.05, 0.1) is 19.2 Å². The van der Waals surface area contributed by atoms with Crippen molar-refractivity contribution in [3.63, 3.8) is 0 Å². The van der Waals surface area contributed by atoms with Crippen LogP contribution in [0.3, 0.4) is 0 Å². The lowest BCUT2D eigenvalue weighted by atomic mass is 10.0. The second-order valence-electron chi connectivity index (χ2n) is 15.1. The number of imide groups is 1. The number of benzene rings is 3. The molecule has 2 saturated heterocycles. The lowest BCUT2D eigenvalue weighted by Gasteiger charge is -2.36. The average Bonchev–Trinajstić information content (AvgIpc) is 3.80. The van der Waals surface area contributed by atoms with Crippen molar-refractivity contribution in [2.75, 3.05) is 49.5 Å². The number of fused-ring (bicyclic) bond motifs is 1. The van der Waals surface area contributed by atoms with Crippen LogP contribution in [0, 0.1) is 0 Å². The molecule has 2 atom stereocenters. The zero-order valence-corrected chi connectivity index (χ0v) is 33.1. The molecule has 0 bridgehead atoms. The summed E-state index contributed by atoms with van der Waals surface area (Å²) in [5, 5.41) is 17.4. The second kappa shape index (κ2) is 17.4. The molecule has 0 spiro atoms. The number of piperazine rings is 1. The highest BCUT2D eigenvalue weighted by Crippen LogP contribution is 2.31. The third kappa shape index (κ3) is 8.92. The normalized spacial score (nSPS) is 17.4. The maximum Gasteiger partial charge on any atom is 0.255 e. The first kappa shape index (κ1) is 39.2. The van der Waals surface area contributed by atoms with Gasteiger partial charge in [-0.25, -0.2) is 9.97 Å². The van der Waals surface area contributed by atoms with E-state index in [4.69, 9.17) is 4.74 Å². The van der Waals surface area contributed by atoms with E-state index < -0.39 is 11.9 Å². The van der Waals surface area contributed by atoms with E-state index in [2.05, 4.69) is 52.0 Å². The van der Waals surface area contributed by atoms with Crippen molar-refractivity contribution in [1.82, 2.24) is 45.2 Å². The summed E-state index contributed by atoms with van der Waals surface area (Å²) in [6, 6.07) is 22.1. The molecule has 2 aromatic heterocycles. The van der Waals surface area contributed by atoms with Crippen LogP contribution in [0.4, 0.5) is 11.4 Å². The van der Waals surface area contributed by atoms with Gasteiger partial charge < -0.3 is 29.7 Å². The molecule has 2 fully saturated rings. The lowest BCUT2D eigenvalue weighted by molar-refractivity contribution is -0.136. The molecular weight excluding hydrogens is 751 g/mol. The Morgan fingerprint density at radius 3 is 2.59 bits per heavy atom. The van der Waals surface area contributed by atoms with Gasteiger partial charge in [0, 0.05) is 81.4 Å². The fraction of sp³-hybridized carbons (Fsp3) is 0.349. The number of aromatic nitrogens is 5. The third-order valence-corrected chi connectivity index (χ3v) is 11.2. The van der Waals surface area contributed by atoms with Gasteiger partial charge in [0.25, 0.3) is 11.8 Å². The van der Waals surface area contributed by atoms with E-state index in [1.165, 1.54) is 6.33 Å². The standard InChI is InChI=1S/C43H47N11O5/c1-28(47-41(56)30-5-3-6-32(23-30)45-25-38-49-50-40(51(38)2)36-15-16-44-27-46-36)29-7-10-34(11-8-29)59-22-4-17-52-18-20-53(21-19-52)33-9-12-35-31(24-33)26-54(43(35)58)37-13-14-39(55)48-42(37)57/h3,5-12,15-16,23-24,27-28,37,45H,4,13-14,17-22,25-26H2,1-2H3,(H,47,56)(H,48,55,57)/t28-,37?/m1/s1. The van der Waals surface area contributed by atoms with E-state index in [1.54, 1.807) is 23.2 Å². The molecule has 8 rings (SSSR count). The Hall–Kier alpha value is -6.68. The number of hydrogen-bond acceptors (Lipinski definition) is 12. The van der Waals surface area contributed by atoms with Crippen molar-refractivity contribution < 1.29 is 23.9 Å². The molecule has 3 aliphatic heterocycles. The number of nitrogens with one attached hydrogen (secondary N) is 3. The molecule has 3 aliphatic rings. The van der Waals surface area contributed by atoms with Gasteiger partial charge in [-0.2, -0.15) is 0 Å². The minimum atomic E-state index is -0.610. The summed E-state index contributed by atoms with van der Waals surface area (Å²) in [5.41, 5.74) is 5.63. The van der Waals surface area contributed by atoms with Crippen molar-refractivity contribution in [3.8, 4) is 17.3 Å². The molecule has 304 valence electrons. The van der Waals surface area contributed by atoms with Crippen LogP contribution in [0.25, 0.3) is 11.5 Å². The van der Waals surface area contributed by atoms with Crippen LogP contribution in [-0.4, -0.2) is 104 Å². The number of anilines is 2. The van der Waals surface area contributed by atoms with Gasteiger partial charge in [0.1, 0.15) is 23.8 Å². The van der Waals surface area contributed by atoms with E-state index >= 15 is 0 Å². The van der Waals surface area contributed by atoms with Crippen LogP contribution in [0.2, 0.25) is 0 Å². The molecule has 59 heavy (non-hydrogen) atoms. The Morgan fingerprint density at radius 1 is 0.983 bits per heavy atom. The molecule has 5 aromatic rings. The van der Waals surface area contributed by atoms with Gasteiger partial charge in [0.15, 0.2) is 11.6 Å². The molecule has 16 heteroatoms. The molecule has 0 aliphatic carbocycles. The summed E-state index contributed by atoms with van der Waals surface area (Å²) in [6.45, 7) is 7.87. The first-order valence-corrected chi connectivity index (χ1v) is 20.0. The lowest BCUT2D eigenvalue weighted by Crippen LogP contribution is -2.52. The molecule has 4 amide bonds. The Labute approximate surface area is 342 Å². The smallest absolute Gasteiger partial charge is 0.255 e. The number of nitrogens with zero attached hydrogens (tertiary/aromatic N) is 8. The summed E-state index contributed by atoms with van der Waals surface area (Å²) in [7, 11) is 1.89. The van der Waals surface area contributed by atoms with Gasteiger partial charge >= 0.3 is 0 Å². The van der Waals surface area contributed by atoms with Gasteiger partial charge in [-0.15, -0.1) is 10.2 Å². The van der Waals surface area contributed by atoms with Crippen molar-refractivity contribution in [3.05, 3.63) is 113 Å². The minimum Gasteiger partial charge on any atom is -0.494 e. The second-order valence-corrected chi connectivity index (χ2v) is 15.1. The van der Waals surface area contributed by atoms with Crippen LogP contribution < -0.4 is 25.6 Å². The molecule has 1 unspecified atom stereocenters. The van der Waals surface area contributed by atoms with Crippen LogP contribution in [-0.2, 0) is 29.7 Å². The summed E-state index contributed by atoms with van der Waals surface area (Å²) < 4.78 is 7.94. The molecule has 3 N–H and O–H groups in total. The number of ether oxygens (including phenoxy) is 1. The Bertz CT molecular complexity index is 2330. The maximum absolute atomic E-state index is 13.2. The SMILES string of the molecule is C[C@@H](NC(=O)c1cccc(NCc2nnc(-c3ccncn3)n2C)c1)c1ccc(OCCCN2CCN(c3ccc4c(c3)CN(C3CCC(=O)NC3=O)C4=O)CC2)cc1. The van der Waals surface area contributed by atoms with Gasteiger partial charge in [-0.1, -0.05) is 18.2 Å². The zero-order chi connectivity index (χ0) is 40.9. The largest absolute Gasteiger partial charge is 0.494 e. The highest BCUT2D eigenvalue weighted by molar-refractivity contribution is 6.05. The third-order valence-electron chi connectivity index (χ3n) is 11.2. The van der Waals surface area contributed by atoms with Crippen molar-refractivity contribution in [2.45, 2.75) is 51.4 Å². The Balaban J connectivity index is 0.744. The molecule has 16 nitrogen and oxygen atoms in total. The zero-order valence-electron chi connectivity index (χ0n) is 33.1. The quantitative estimate of drug-likeness (QED) is 0.110. The van der Waals surface area contributed by atoms with Gasteiger partial charge in [-0.3, -0.25) is 29.4 Å². The Morgan fingerprint density at radius 2 is 1.81 bits per heavy atom. The van der Waals surface area contributed by atoms with E-state index in [1.807, 2.05) is 73.1 Å². The maximum atomic E-state index is 13.2. The molecule has 0 radical (unpaired) electrons. The molecule has 0 saturated carbocycles. The van der Waals surface area contributed by atoms with Gasteiger partial charge in [-0.05, 0) is 85.5 Å². The summed E-state index contributed by atoms with van der Waals surface area (Å²) in [6.07, 6.45) is 4.63. The monoisotopic (exact) mass is 797 g/mol. The van der Waals surface area contributed by atoms with E-state index in [9.17, 15) is 19.2 Å². The number of rotatable bonds is 14. The van der Waals surface area contributed by atoms with Crippen LogP contribution in [0.1, 0.15) is 69.9 Å². The first-order valence-electron chi connectivity index (χ1n) is 20.0. The highest BCUT2D eigenvalue weighted by atomic mass is 16.5. The summed E-state index contributed by atoms with van der Waals surface area (Å²) >= 11 is 0. The number of carbonyl (C=O) groups is 4. The average molecular weight is 798 g/mol.